The average molecular weight is 347 g/mol. The predicted molar refractivity (Wildman–Crippen MR) is 104 cm³/mol. The molecule has 0 radical (unpaired) electrons. The standard InChI is InChI=1S/C22H21NO3/c1-2-16-26-20-12-5-17(6-13-20)7-14-21(24)18-8-10-19(11-9-18)23-15-3-4-22(23)25/h2,5-14H,1,3-4,15-16H2/b14-7+. The van der Waals surface area contributed by atoms with Gasteiger partial charge in [0.15, 0.2) is 5.78 Å². The number of carbonyl (C=O) groups excluding carboxylic acids is 2. The molecule has 4 heteroatoms. The molecule has 1 saturated heterocycles. The van der Waals surface area contributed by atoms with Crippen LogP contribution in [0.1, 0.15) is 28.8 Å². The number of ketones is 1. The number of rotatable bonds is 7. The van der Waals surface area contributed by atoms with E-state index in [9.17, 15) is 9.59 Å². The minimum atomic E-state index is -0.0729. The van der Waals surface area contributed by atoms with Gasteiger partial charge in [-0.3, -0.25) is 9.59 Å². The molecule has 1 aliphatic rings. The Labute approximate surface area is 153 Å². The van der Waals surface area contributed by atoms with Crippen molar-refractivity contribution in [2.75, 3.05) is 18.1 Å². The second kappa shape index (κ2) is 8.30. The highest BCUT2D eigenvalue weighted by molar-refractivity contribution is 6.07. The summed E-state index contributed by atoms with van der Waals surface area (Å²) < 4.78 is 5.43. The van der Waals surface area contributed by atoms with Gasteiger partial charge in [0.1, 0.15) is 12.4 Å². The molecule has 132 valence electrons. The maximum Gasteiger partial charge on any atom is 0.227 e. The summed E-state index contributed by atoms with van der Waals surface area (Å²) in [5.41, 5.74) is 2.37. The van der Waals surface area contributed by atoms with Crippen molar-refractivity contribution in [3.05, 3.63) is 78.4 Å². The molecule has 4 nitrogen and oxygen atoms in total. The van der Waals surface area contributed by atoms with Crippen LogP contribution in [0.5, 0.6) is 5.75 Å². The van der Waals surface area contributed by atoms with E-state index in [4.69, 9.17) is 4.74 Å². The molecular weight excluding hydrogens is 326 g/mol. The molecule has 0 unspecified atom stereocenters. The van der Waals surface area contributed by atoms with E-state index < -0.39 is 0 Å². The monoisotopic (exact) mass is 347 g/mol. The van der Waals surface area contributed by atoms with Crippen molar-refractivity contribution in [1.29, 1.82) is 0 Å². The Morgan fingerprint density at radius 3 is 2.46 bits per heavy atom. The van der Waals surface area contributed by atoms with Crippen LogP contribution < -0.4 is 9.64 Å². The van der Waals surface area contributed by atoms with Gasteiger partial charge < -0.3 is 9.64 Å². The van der Waals surface area contributed by atoms with Crippen molar-refractivity contribution in [1.82, 2.24) is 0 Å². The van der Waals surface area contributed by atoms with Gasteiger partial charge >= 0.3 is 0 Å². The predicted octanol–water partition coefficient (Wildman–Crippen LogP) is 4.27. The highest BCUT2D eigenvalue weighted by atomic mass is 16.5. The first-order valence-electron chi connectivity index (χ1n) is 8.64. The molecular formula is C22H21NO3. The molecule has 1 heterocycles. The summed E-state index contributed by atoms with van der Waals surface area (Å²) in [7, 11) is 0. The number of carbonyl (C=O) groups is 2. The first-order chi connectivity index (χ1) is 12.7. The smallest absolute Gasteiger partial charge is 0.227 e. The number of amides is 1. The van der Waals surface area contributed by atoms with Crippen LogP contribution in [-0.4, -0.2) is 24.8 Å². The average Bonchev–Trinajstić information content (AvgIpc) is 3.11. The van der Waals surface area contributed by atoms with Crippen molar-refractivity contribution < 1.29 is 14.3 Å². The summed E-state index contributed by atoms with van der Waals surface area (Å²) >= 11 is 0. The SMILES string of the molecule is C=CCOc1ccc(/C=C/C(=O)c2ccc(N3CCCC3=O)cc2)cc1. The van der Waals surface area contributed by atoms with E-state index in [1.54, 1.807) is 35.3 Å². The maximum atomic E-state index is 12.3. The lowest BCUT2D eigenvalue weighted by Gasteiger charge is -2.15. The van der Waals surface area contributed by atoms with E-state index in [1.807, 2.05) is 36.4 Å². The number of benzene rings is 2. The van der Waals surface area contributed by atoms with Gasteiger partial charge in [0.2, 0.25) is 5.91 Å². The van der Waals surface area contributed by atoms with E-state index in [1.165, 1.54) is 0 Å². The topological polar surface area (TPSA) is 46.6 Å². The summed E-state index contributed by atoms with van der Waals surface area (Å²) in [5.74, 6) is 0.834. The van der Waals surface area contributed by atoms with Crippen molar-refractivity contribution >= 4 is 23.5 Å². The maximum absolute atomic E-state index is 12.3. The molecule has 3 rings (SSSR count). The molecule has 0 bridgehead atoms. The van der Waals surface area contributed by atoms with Crippen molar-refractivity contribution in [3.8, 4) is 5.75 Å². The molecule has 1 amide bonds. The summed E-state index contributed by atoms with van der Waals surface area (Å²) in [6, 6.07) is 14.7. The Kier molecular flexibility index (Phi) is 5.64. The highest BCUT2D eigenvalue weighted by Crippen LogP contribution is 2.22. The minimum absolute atomic E-state index is 0.0729. The fourth-order valence-electron chi connectivity index (χ4n) is 2.83. The fraction of sp³-hybridized carbons (Fsp3) is 0.182. The fourth-order valence-corrected chi connectivity index (χ4v) is 2.83. The lowest BCUT2D eigenvalue weighted by atomic mass is 10.1. The van der Waals surface area contributed by atoms with Crippen molar-refractivity contribution in [2.24, 2.45) is 0 Å². The summed E-state index contributed by atoms with van der Waals surface area (Å²) in [6.07, 6.45) is 6.50. The van der Waals surface area contributed by atoms with Gasteiger partial charge in [-0.2, -0.15) is 0 Å². The molecule has 1 aliphatic heterocycles. The third kappa shape index (κ3) is 4.28. The van der Waals surface area contributed by atoms with E-state index in [0.29, 0.717) is 18.6 Å². The highest BCUT2D eigenvalue weighted by Gasteiger charge is 2.21. The first kappa shape index (κ1) is 17.7. The number of hydrogen-bond donors (Lipinski definition) is 0. The molecule has 0 aliphatic carbocycles. The molecule has 0 spiro atoms. The van der Waals surface area contributed by atoms with Gasteiger partial charge in [-0.05, 0) is 54.5 Å². The largest absolute Gasteiger partial charge is 0.490 e. The number of anilines is 1. The first-order valence-corrected chi connectivity index (χ1v) is 8.64. The molecule has 0 aromatic heterocycles. The van der Waals surface area contributed by atoms with Crippen molar-refractivity contribution in [3.63, 3.8) is 0 Å². The molecule has 0 N–H and O–H groups in total. The number of ether oxygens (including phenoxy) is 1. The molecule has 0 atom stereocenters. The molecule has 2 aromatic carbocycles. The molecule has 26 heavy (non-hydrogen) atoms. The van der Waals surface area contributed by atoms with Crippen LogP contribution in [0.15, 0.2) is 67.3 Å². The van der Waals surface area contributed by atoms with Gasteiger partial charge in [-0.1, -0.05) is 30.9 Å². The zero-order valence-electron chi connectivity index (χ0n) is 14.6. The Bertz CT molecular complexity index is 819. The lowest BCUT2D eigenvalue weighted by molar-refractivity contribution is -0.117. The van der Waals surface area contributed by atoms with E-state index in [-0.39, 0.29) is 11.7 Å². The summed E-state index contributed by atoms with van der Waals surface area (Å²) in [6.45, 7) is 4.82. The zero-order chi connectivity index (χ0) is 18.4. The van der Waals surface area contributed by atoms with Crippen LogP contribution in [0.3, 0.4) is 0 Å². The normalized spacial score (nSPS) is 14.0. The van der Waals surface area contributed by atoms with Crippen LogP contribution in [-0.2, 0) is 4.79 Å². The Balaban J connectivity index is 1.63. The van der Waals surface area contributed by atoms with Crippen LogP contribution in [0.25, 0.3) is 6.08 Å². The molecule has 1 fully saturated rings. The van der Waals surface area contributed by atoms with E-state index in [0.717, 1.165) is 30.0 Å². The van der Waals surface area contributed by atoms with E-state index >= 15 is 0 Å². The lowest BCUT2D eigenvalue weighted by Crippen LogP contribution is -2.23. The number of hydrogen-bond acceptors (Lipinski definition) is 3. The minimum Gasteiger partial charge on any atom is -0.490 e. The summed E-state index contributed by atoms with van der Waals surface area (Å²) in [4.78, 5) is 25.9. The van der Waals surface area contributed by atoms with Gasteiger partial charge in [0.05, 0.1) is 0 Å². The van der Waals surface area contributed by atoms with Gasteiger partial charge in [0.25, 0.3) is 0 Å². The van der Waals surface area contributed by atoms with Crippen LogP contribution in [0, 0.1) is 0 Å². The Morgan fingerprint density at radius 1 is 1.12 bits per heavy atom. The number of allylic oxidation sites excluding steroid dienone is 1. The molecule has 2 aromatic rings. The quantitative estimate of drug-likeness (QED) is 0.427. The Hall–Kier alpha value is -3.14. The van der Waals surface area contributed by atoms with Crippen LogP contribution >= 0.6 is 0 Å². The Morgan fingerprint density at radius 2 is 1.85 bits per heavy atom. The second-order valence-corrected chi connectivity index (χ2v) is 6.06. The molecule has 0 saturated carbocycles. The van der Waals surface area contributed by atoms with Crippen LogP contribution in [0.4, 0.5) is 5.69 Å². The van der Waals surface area contributed by atoms with Crippen LogP contribution in [0.2, 0.25) is 0 Å². The third-order valence-corrected chi connectivity index (χ3v) is 4.21. The van der Waals surface area contributed by atoms with Gasteiger partial charge in [0, 0.05) is 24.2 Å². The zero-order valence-corrected chi connectivity index (χ0v) is 14.6. The number of nitrogens with zero attached hydrogens (tertiary/aromatic N) is 1. The summed E-state index contributed by atoms with van der Waals surface area (Å²) in [5, 5.41) is 0. The van der Waals surface area contributed by atoms with Gasteiger partial charge in [-0.25, -0.2) is 0 Å². The van der Waals surface area contributed by atoms with Gasteiger partial charge in [-0.15, -0.1) is 0 Å². The third-order valence-electron chi connectivity index (χ3n) is 4.21. The second-order valence-electron chi connectivity index (χ2n) is 6.06. The van der Waals surface area contributed by atoms with E-state index in [2.05, 4.69) is 6.58 Å². The van der Waals surface area contributed by atoms with Crippen molar-refractivity contribution in [2.45, 2.75) is 12.8 Å².